The summed E-state index contributed by atoms with van der Waals surface area (Å²) in [5.41, 5.74) is 5.74. The van der Waals surface area contributed by atoms with Crippen molar-refractivity contribution in [1.82, 2.24) is 30.4 Å². The highest BCUT2D eigenvalue weighted by atomic mass is 19.1. The second-order valence-corrected chi connectivity index (χ2v) is 7.52. The summed E-state index contributed by atoms with van der Waals surface area (Å²) >= 11 is 0. The van der Waals surface area contributed by atoms with Gasteiger partial charge in [0.05, 0.1) is 12.2 Å². The van der Waals surface area contributed by atoms with Crippen LogP contribution in [0.3, 0.4) is 0 Å². The van der Waals surface area contributed by atoms with Gasteiger partial charge in [0.25, 0.3) is 5.89 Å². The second kappa shape index (κ2) is 7.81. The number of H-pyrrole nitrogens is 2. The first-order chi connectivity index (χ1) is 15.0. The van der Waals surface area contributed by atoms with Crippen molar-refractivity contribution in [2.75, 3.05) is 0 Å². The average molecular weight is 416 g/mol. The minimum atomic E-state index is -0.228. The Labute approximate surface area is 177 Å². The highest BCUT2D eigenvalue weighted by molar-refractivity contribution is 5.88. The highest BCUT2D eigenvalue weighted by Gasteiger charge is 2.13. The monoisotopic (exact) mass is 416 g/mol. The molecule has 0 unspecified atom stereocenters. The van der Waals surface area contributed by atoms with Crippen molar-refractivity contribution >= 4 is 10.9 Å². The minimum Gasteiger partial charge on any atom is -0.351 e. The Kier molecular flexibility index (Phi) is 4.83. The summed E-state index contributed by atoms with van der Waals surface area (Å²) in [5, 5.41) is 8.23. The van der Waals surface area contributed by atoms with Crippen molar-refractivity contribution in [3.63, 3.8) is 0 Å². The molecule has 0 spiro atoms. The third kappa shape index (κ3) is 3.97. The fourth-order valence-corrected chi connectivity index (χ4v) is 3.62. The quantitative estimate of drug-likeness (QED) is 0.374. The Morgan fingerprint density at radius 2 is 1.81 bits per heavy atom. The van der Waals surface area contributed by atoms with Crippen molar-refractivity contribution in [3.05, 3.63) is 77.3 Å². The average Bonchev–Trinajstić information content (AvgIpc) is 3.47. The second-order valence-electron chi connectivity index (χ2n) is 7.52. The van der Waals surface area contributed by atoms with E-state index in [4.69, 9.17) is 9.51 Å². The van der Waals surface area contributed by atoms with Crippen LogP contribution in [0.15, 0.2) is 53.1 Å². The topological polar surface area (TPSA) is 95.4 Å². The Bertz CT molecular complexity index is 1350. The van der Waals surface area contributed by atoms with E-state index in [0.717, 1.165) is 44.9 Å². The largest absolute Gasteiger partial charge is 0.351 e. The van der Waals surface area contributed by atoms with Crippen LogP contribution in [0.25, 0.3) is 33.7 Å². The summed E-state index contributed by atoms with van der Waals surface area (Å²) in [6, 6.07) is 14.6. The van der Waals surface area contributed by atoms with Crippen LogP contribution in [0.5, 0.6) is 0 Å². The van der Waals surface area contributed by atoms with Gasteiger partial charge in [0.2, 0.25) is 0 Å². The van der Waals surface area contributed by atoms with Gasteiger partial charge in [0.15, 0.2) is 5.82 Å². The van der Waals surface area contributed by atoms with Crippen LogP contribution in [-0.2, 0) is 13.1 Å². The number of benzene rings is 2. The molecule has 3 heterocycles. The lowest BCUT2D eigenvalue weighted by Gasteiger charge is -2.03. The van der Waals surface area contributed by atoms with Crippen LogP contribution in [0.4, 0.5) is 4.39 Å². The summed E-state index contributed by atoms with van der Waals surface area (Å²) in [7, 11) is 0. The summed E-state index contributed by atoms with van der Waals surface area (Å²) in [4.78, 5) is 15.7. The normalized spacial score (nSPS) is 11.5. The van der Waals surface area contributed by atoms with Gasteiger partial charge in [-0.25, -0.2) is 9.37 Å². The molecule has 31 heavy (non-hydrogen) atoms. The van der Waals surface area contributed by atoms with Gasteiger partial charge < -0.3 is 19.8 Å². The van der Waals surface area contributed by atoms with Crippen LogP contribution in [0, 0.1) is 19.7 Å². The smallest absolute Gasteiger partial charge is 0.274 e. The first kappa shape index (κ1) is 19.2. The molecule has 0 aliphatic carbocycles. The fraction of sp³-hybridized carbons (Fsp3) is 0.174. The molecule has 5 rings (SSSR count). The Morgan fingerprint density at radius 3 is 2.58 bits per heavy atom. The van der Waals surface area contributed by atoms with E-state index in [9.17, 15) is 4.39 Å². The molecule has 2 aromatic carbocycles. The zero-order chi connectivity index (χ0) is 21.4. The number of aromatic amines is 2. The Hall–Kier alpha value is -3.78. The molecule has 7 nitrogen and oxygen atoms in total. The molecule has 0 radical (unpaired) electrons. The molecule has 5 aromatic rings. The van der Waals surface area contributed by atoms with Gasteiger partial charge in [-0.15, -0.1) is 0 Å². The number of imidazole rings is 1. The van der Waals surface area contributed by atoms with Crippen LogP contribution in [0.1, 0.15) is 22.9 Å². The molecular formula is C23H21FN6O. The minimum absolute atomic E-state index is 0.228. The maximum Gasteiger partial charge on any atom is 0.274 e. The molecule has 8 heteroatoms. The van der Waals surface area contributed by atoms with Crippen LogP contribution >= 0.6 is 0 Å². The van der Waals surface area contributed by atoms with E-state index in [2.05, 4.69) is 31.5 Å². The van der Waals surface area contributed by atoms with Gasteiger partial charge in [-0.05, 0) is 49.7 Å². The van der Waals surface area contributed by atoms with Crippen molar-refractivity contribution in [3.8, 4) is 22.8 Å². The summed E-state index contributed by atoms with van der Waals surface area (Å²) < 4.78 is 18.3. The predicted molar refractivity (Wildman–Crippen MR) is 116 cm³/mol. The van der Waals surface area contributed by atoms with Gasteiger partial charge in [0, 0.05) is 28.7 Å². The molecule has 3 N–H and O–H groups in total. The molecule has 3 aromatic heterocycles. The van der Waals surface area contributed by atoms with Crippen molar-refractivity contribution < 1.29 is 8.91 Å². The van der Waals surface area contributed by atoms with Gasteiger partial charge in [-0.3, -0.25) is 0 Å². The number of hydrogen-bond donors (Lipinski definition) is 3. The van der Waals surface area contributed by atoms with Crippen molar-refractivity contribution in [2.45, 2.75) is 26.9 Å². The number of aryl methyl sites for hydroxylation is 2. The lowest BCUT2D eigenvalue weighted by molar-refractivity contribution is 0.424. The SMILES string of the molecule is Cc1noc(-c2cc3cc(-c4nc(CNCc5ccc(F)cc5)[nH]c4C)ccc3[nH]2)n1. The lowest BCUT2D eigenvalue weighted by atomic mass is 10.1. The van der Waals surface area contributed by atoms with E-state index < -0.39 is 0 Å². The highest BCUT2D eigenvalue weighted by Crippen LogP contribution is 2.28. The number of aromatic nitrogens is 5. The van der Waals surface area contributed by atoms with E-state index in [1.807, 2.05) is 25.1 Å². The Morgan fingerprint density at radius 1 is 0.968 bits per heavy atom. The first-order valence-corrected chi connectivity index (χ1v) is 9.99. The molecule has 156 valence electrons. The number of nitrogens with zero attached hydrogens (tertiary/aromatic N) is 3. The number of rotatable bonds is 6. The number of halogens is 1. The standard InChI is InChI=1S/C23H21FN6O/c1-13-22(29-21(26-13)12-25-11-15-3-6-18(24)7-4-15)16-5-8-19-17(9-16)10-20(28-19)23-27-14(2)30-31-23/h3-10,25,28H,11-12H2,1-2H3,(H,26,29). The van der Waals surface area contributed by atoms with Gasteiger partial charge in [-0.1, -0.05) is 23.4 Å². The summed E-state index contributed by atoms with van der Waals surface area (Å²) in [6.07, 6.45) is 0. The molecule has 0 bridgehead atoms. The van der Waals surface area contributed by atoms with E-state index in [0.29, 0.717) is 24.8 Å². The zero-order valence-electron chi connectivity index (χ0n) is 17.2. The van der Waals surface area contributed by atoms with Gasteiger partial charge in [-0.2, -0.15) is 4.98 Å². The number of fused-ring (bicyclic) bond motifs is 1. The lowest BCUT2D eigenvalue weighted by Crippen LogP contribution is -2.13. The fourth-order valence-electron chi connectivity index (χ4n) is 3.62. The van der Waals surface area contributed by atoms with Crippen LogP contribution < -0.4 is 5.32 Å². The third-order valence-corrected chi connectivity index (χ3v) is 5.12. The third-order valence-electron chi connectivity index (χ3n) is 5.12. The number of nitrogens with one attached hydrogen (secondary N) is 3. The van der Waals surface area contributed by atoms with E-state index in [-0.39, 0.29) is 5.82 Å². The van der Waals surface area contributed by atoms with Crippen LogP contribution in [0.2, 0.25) is 0 Å². The molecular weight excluding hydrogens is 395 g/mol. The molecule has 0 fully saturated rings. The Balaban J connectivity index is 1.33. The maximum atomic E-state index is 13.0. The molecule has 0 aliphatic rings. The van der Waals surface area contributed by atoms with E-state index >= 15 is 0 Å². The summed E-state index contributed by atoms with van der Waals surface area (Å²) in [5.74, 6) is 1.70. The molecule has 0 aliphatic heterocycles. The summed E-state index contributed by atoms with van der Waals surface area (Å²) in [6.45, 7) is 5.04. The zero-order valence-corrected chi connectivity index (χ0v) is 17.2. The van der Waals surface area contributed by atoms with E-state index in [1.54, 1.807) is 19.1 Å². The van der Waals surface area contributed by atoms with Gasteiger partial charge in [0.1, 0.15) is 17.3 Å². The van der Waals surface area contributed by atoms with Crippen LogP contribution in [-0.4, -0.2) is 25.1 Å². The molecule has 0 amide bonds. The maximum absolute atomic E-state index is 13.0. The molecule has 0 atom stereocenters. The first-order valence-electron chi connectivity index (χ1n) is 9.99. The van der Waals surface area contributed by atoms with Gasteiger partial charge >= 0.3 is 0 Å². The van der Waals surface area contributed by atoms with Crippen molar-refractivity contribution in [1.29, 1.82) is 0 Å². The predicted octanol–water partition coefficient (Wildman–Crippen LogP) is 4.65. The molecule has 0 saturated heterocycles. The molecule has 0 saturated carbocycles. The van der Waals surface area contributed by atoms with E-state index in [1.165, 1.54) is 12.1 Å². The number of hydrogen-bond acceptors (Lipinski definition) is 5. The van der Waals surface area contributed by atoms with Crippen molar-refractivity contribution in [2.24, 2.45) is 0 Å².